The zero-order valence-corrected chi connectivity index (χ0v) is 25.0. The van der Waals surface area contributed by atoms with Gasteiger partial charge in [-0.2, -0.15) is 0 Å². The number of carbonyl (C=O) groups excluding carboxylic acids is 2. The minimum Gasteiger partial charge on any atom is -0.423 e. The van der Waals surface area contributed by atoms with Gasteiger partial charge >= 0.3 is 11.9 Å². The molecule has 45 heavy (non-hydrogen) atoms. The van der Waals surface area contributed by atoms with Crippen LogP contribution in [0.15, 0.2) is 146 Å². The summed E-state index contributed by atoms with van der Waals surface area (Å²) in [6, 6.07) is 47.1. The standard InChI is InChI=1S/C41H30O4/c1-27-25-31(21-23-37(27)44-39(42)29-13-5-3-6-14-29)41(35-19-11-9-17-33(35)34-18-10-12-20-36(34)41)32-22-24-38(28(2)26-32)45-40(43)30-15-7-4-8-16-30/h3-26H,1-2H3. The Hall–Kier alpha value is -5.74. The van der Waals surface area contributed by atoms with Gasteiger partial charge in [0.05, 0.1) is 16.5 Å². The van der Waals surface area contributed by atoms with Crippen LogP contribution in [0.4, 0.5) is 0 Å². The average molecular weight is 587 g/mol. The summed E-state index contributed by atoms with van der Waals surface area (Å²) in [6.45, 7) is 3.93. The van der Waals surface area contributed by atoms with E-state index in [9.17, 15) is 9.59 Å². The fourth-order valence-electron chi connectivity index (χ4n) is 6.48. The van der Waals surface area contributed by atoms with Crippen molar-refractivity contribution < 1.29 is 19.1 Å². The fraction of sp³-hybridized carbons (Fsp3) is 0.0732. The molecule has 4 nitrogen and oxygen atoms in total. The van der Waals surface area contributed by atoms with E-state index in [1.807, 2.05) is 62.4 Å². The SMILES string of the molecule is Cc1cc(C2(c3ccc(OC(=O)c4ccccc4)c(C)c3)c3ccccc3-c3ccccc32)ccc1OC(=O)c1ccccc1. The lowest BCUT2D eigenvalue weighted by Crippen LogP contribution is -2.29. The van der Waals surface area contributed by atoms with Crippen LogP contribution >= 0.6 is 0 Å². The normalized spacial score (nSPS) is 12.6. The molecule has 0 saturated heterocycles. The molecule has 218 valence electrons. The molecule has 1 aliphatic rings. The number of rotatable bonds is 6. The third-order valence-corrected chi connectivity index (χ3v) is 8.59. The van der Waals surface area contributed by atoms with E-state index < -0.39 is 17.4 Å². The first-order valence-electron chi connectivity index (χ1n) is 14.9. The van der Waals surface area contributed by atoms with Gasteiger partial charge in [-0.15, -0.1) is 0 Å². The summed E-state index contributed by atoms with van der Waals surface area (Å²) in [4.78, 5) is 25.8. The van der Waals surface area contributed by atoms with Gasteiger partial charge in [-0.1, -0.05) is 109 Å². The maximum absolute atomic E-state index is 12.9. The Morgan fingerprint density at radius 3 is 1.24 bits per heavy atom. The van der Waals surface area contributed by atoms with Crippen LogP contribution in [0.1, 0.15) is 54.1 Å². The van der Waals surface area contributed by atoms with Crippen LogP contribution in [0.5, 0.6) is 11.5 Å². The molecule has 0 radical (unpaired) electrons. The number of hydrogen-bond donors (Lipinski definition) is 0. The number of hydrogen-bond acceptors (Lipinski definition) is 4. The summed E-state index contributed by atoms with van der Waals surface area (Å²) in [5, 5.41) is 0. The summed E-state index contributed by atoms with van der Waals surface area (Å²) in [5.41, 5.74) is 8.79. The van der Waals surface area contributed by atoms with Crippen molar-refractivity contribution in [3.05, 3.63) is 190 Å². The molecule has 1 aliphatic carbocycles. The van der Waals surface area contributed by atoms with Gasteiger partial charge in [0.15, 0.2) is 0 Å². The van der Waals surface area contributed by atoms with Gasteiger partial charge in [0.1, 0.15) is 11.5 Å². The van der Waals surface area contributed by atoms with E-state index in [4.69, 9.17) is 9.47 Å². The molecule has 0 atom stereocenters. The lowest BCUT2D eigenvalue weighted by atomic mass is 9.67. The number of carbonyl (C=O) groups is 2. The topological polar surface area (TPSA) is 52.6 Å². The summed E-state index contributed by atoms with van der Waals surface area (Å²) in [5.74, 6) is 0.242. The third kappa shape index (κ3) is 4.81. The number of aryl methyl sites for hydroxylation is 2. The molecular formula is C41H30O4. The van der Waals surface area contributed by atoms with Crippen molar-refractivity contribution in [1.29, 1.82) is 0 Å². The molecule has 6 aromatic rings. The van der Waals surface area contributed by atoms with Gasteiger partial charge in [-0.05, 0) is 94.8 Å². The van der Waals surface area contributed by atoms with Crippen LogP contribution in [0.25, 0.3) is 11.1 Å². The molecule has 0 aromatic heterocycles. The van der Waals surface area contributed by atoms with Crippen molar-refractivity contribution in [2.45, 2.75) is 19.3 Å². The van der Waals surface area contributed by atoms with E-state index in [2.05, 4.69) is 72.8 Å². The Morgan fingerprint density at radius 1 is 0.467 bits per heavy atom. The number of esters is 2. The monoisotopic (exact) mass is 586 g/mol. The quantitative estimate of drug-likeness (QED) is 0.144. The molecular weight excluding hydrogens is 556 g/mol. The molecule has 7 rings (SSSR count). The molecule has 0 amide bonds. The molecule has 0 fully saturated rings. The molecule has 0 spiro atoms. The number of ether oxygens (including phenoxy) is 2. The first-order valence-corrected chi connectivity index (χ1v) is 14.9. The van der Waals surface area contributed by atoms with Crippen LogP contribution in [0.2, 0.25) is 0 Å². The second-order valence-electron chi connectivity index (χ2n) is 11.3. The second kappa shape index (κ2) is 11.4. The Morgan fingerprint density at radius 2 is 0.844 bits per heavy atom. The van der Waals surface area contributed by atoms with Gasteiger partial charge in [0.2, 0.25) is 0 Å². The van der Waals surface area contributed by atoms with Crippen molar-refractivity contribution in [2.75, 3.05) is 0 Å². The van der Waals surface area contributed by atoms with Crippen molar-refractivity contribution in [1.82, 2.24) is 0 Å². The summed E-state index contributed by atoms with van der Waals surface area (Å²) in [6.07, 6.45) is 0. The maximum atomic E-state index is 12.9. The predicted octanol–water partition coefficient (Wildman–Crippen LogP) is 9.10. The molecule has 0 unspecified atom stereocenters. The van der Waals surface area contributed by atoms with Gasteiger partial charge < -0.3 is 9.47 Å². The summed E-state index contributed by atoms with van der Waals surface area (Å²) < 4.78 is 11.7. The minimum atomic E-state index is -0.660. The van der Waals surface area contributed by atoms with Crippen LogP contribution < -0.4 is 9.47 Å². The van der Waals surface area contributed by atoms with E-state index in [-0.39, 0.29) is 0 Å². The van der Waals surface area contributed by atoms with E-state index >= 15 is 0 Å². The Kier molecular flexibility index (Phi) is 7.11. The summed E-state index contributed by atoms with van der Waals surface area (Å²) in [7, 11) is 0. The second-order valence-corrected chi connectivity index (χ2v) is 11.3. The molecule has 0 saturated carbocycles. The highest BCUT2D eigenvalue weighted by Crippen LogP contribution is 2.56. The number of benzene rings is 6. The Balaban J connectivity index is 1.36. The summed E-state index contributed by atoms with van der Waals surface area (Å²) >= 11 is 0. The average Bonchev–Trinajstić information content (AvgIpc) is 3.38. The molecule has 0 N–H and O–H groups in total. The zero-order chi connectivity index (χ0) is 31.0. The van der Waals surface area contributed by atoms with E-state index in [0.717, 1.165) is 33.4 Å². The fourth-order valence-corrected chi connectivity index (χ4v) is 6.48. The van der Waals surface area contributed by atoms with Crippen molar-refractivity contribution in [2.24, 2.45) is 0 Å². The van der Waals surface area contributed by atoms with Gasteiger partial charge in [-0.3, -0.25) is 0 Å². The highest BCUT2D eigenvalue weighted by Gasteiger charge is 2.46. The van der Waals surface area contributed by atoms with Crippen LogP contribution in [0, 0.1) is 13.8 Å². The molecule has 6 aromatic carbocycles. The maximum Gasteiger partial charge on any atom is 0.343 e. The predicted molar refractivity (Wildman–Crippen MR) is 176 cm³/mol. The molecule has 4 heteroatoms. The highest BCUT2D eigenvalue weighted by molar-refractivity contribution is 5.92. The van der Waals surface area contributed by atoms with Gasteiger partial charge in [0, 0.05) is 0 Å². The van der Waals surface area contributed by atoms with Crippen molar-refractivity contribution in [3.63, 3.8) is 0 Å². The smallest absolute Gasteiger partial charge is 0.343 e. The lowest BCUT2D eigenvalue weighted by Gasteiger charge is -2.34. The minimum absolute atomic E-state index is 0.394. The third-order valence-electron chi connectivity index (χ3n) is 8.59. The Labute approximate surface area is 262 Å². The molecule has 0 aliphatic heterocycles. The highest BCUT2D eigenvalue weighted by atomic mass is 16.5. The lowest BCUT2D eigenvalue weighted by molar-refractivity contribution is 0.0724. The molecule has 0 bridgehead atoms. The van der Waals surface area contributed by atoms with E-state index in [1.54, 1.807) is 24.3 Å². The van der Waals surface area contributed by atoms with Crippen LogP contribution in [-0.2, 0) is 5.41 Å². The molecule has 0 heterocycles. The van der Waals surface area contributed by atoms with Crippen molar-refractivity contribution >= 4 is 11.9 Å². The van der Waals surface area contributed by atoms with Crippen LogP contribution in [-0.4, -0.2) is 11.9 Å². The number of fused-ring (bicyclic) bond motifs is 3. The zero-order valence-electron chi connectivity index (χ0n) is 25.0. The first kappa shape index (κ1) is 28.1. The Bertz CT molecular complexity index is 1910. The van der Waals surface area contributed by atoms with Gasteiger partial charge in [-0.25, -0.2) is 9.59 Å². The van der Waals surface area contributed by atoms with Crippen LogP contribution in [0.3, 0.4) is 0 Å². The van der Waals surface area contributed by atoms with Gasteiger partial charge in [0.25, 0.3) is 0 Å². The van der Waals surface area contributed by atoms with E-state index in [0.29, 0.717) is 22.6 Å². The largest absolute Gasteiger partial charge is 0.423 e. The van der Waals surface area contributed by atoms with Crippen molar-refractivity contribution in [3.8, 4) is 22.6 Å². The van der Waals surface area contributed by atoms with E-state index in [1.165, 1.54) is 11.1 Å². The first-order chi connectivity index (χ1) is 22.0.